The van der Waals surface area contributed by atoms with Gasteiger partial charge in [-0.05, 0) is 19.1 Å². The van der Waals surface area contributed by atoms with Gasteiger partial charge in [0.2, 0.25) is 0 Å². The third kappa shape index (κ3) is 4.22. The fourth-order valence-electron chi connectivity index (χ4n) is 1.61. The van der Waals surface area contributed by atoms with Gasteiger partial charge in [-0.1, -0.05) is 15.9 Å². The van der Waals surface area contributed by atoms with E-state index in [1.54, 1.807) is 12.1 Å². The van der Waals surface area contributed by atoms with Crippen molar-refractivity contribution in [2.45, 2.75) is 6.92 Å². The van der Waals surface area contributed by atoms with Crippen molar-refractivity contribution in [2.24, 2.45) is 0 Å². The molecule has 0 saturated carbocycles. The van der Waals surface area contributed by atoms with Crippen molar-refractivity contribution in [3.63, 3.8) is 0 Å². The number of benzene rings is 1. The van der Waals surface area contributed by atoms with Gasteiger partial charge in [-0.3, -0.25) is 0 Å². The Hall–Kier alpha value is -2.02. The minimum atomic E-state index is -0.692. The number of hydrogen-bond acceptors (Lipinski definition) is 6. The number of rotatable bonds is 5. The smallest absolute Gasteiger partial charge is 0.354 e. The molecule has 0 amide bonds. The molecule has 0 heterocycles. The normalized spacial score (nSPS) is 10.8. The fraction of sp³-hybridized carbons (Fsp3) is 0.286. The number of carbonyl (C=O) groups excluding carboxylic acids is 2. The highest BCUT2D eigenvalue weighted by atomic mass is 79.9. The van der Waals surface area contributed by atoms with Crippen LogP contribution < -0.4 is 10.1 Å². The van der Waals surface area contributed by atoms with E-state index in [1.165, 1.54) is 21.3 Å². The average molecular weight is 358 g/mol. The maximum atomic E-state index is 11.7. The predicted molar refractivity (Wildman–Crippen MR) is 81.2 cm³/mol. The van der Waals surface area contributed by atoms with Crippen LogP contribution in [0.25, 0.3) is 0 Å². The molecule has 1 aromatic carbocycles. The van der Waals surface area contributed by atoms with Gasteiger partial charge in [-0.2, -0.15) is 0 Å². The number of esters is 2. The first-order valence-corrected chi connectivity index (χ1v) is 6.72. The molecule has 0 spiro atoms. The third-order valence-corrected chi connectivity index (χ3v) is 3.54. The van der Waals surface area contributed by atoms with E-state index >= 15 is 0 Å². The lowest BCUT2D eigenvalue weighted by Gasteiger charge is -2.15. The predicted octanol–water partition coefficient (Wildman–Crippen LogP) is 2.41. The maximum Gasteiger partial charge on any atom is 0.354 e. The van der Waals surface area contributed by atoms with Crippen LogP contribution in [-0.4, -0.2) is 33.3 Å². The van der Waals surface area contributed by atoms with Crippen LogP contribution in [0.5, 0.6) is 5.75 Å². The average Bonchev–Trinajstić information content (AvgIpc) is 2.49. The molecule has 0 aliphatic carbocycles. The molecule has 0 fully saturated rings. The molecule has 21 heavy (non-hydrogen) atoms. The number of ether oxygens (including phenoxy) is 3. The van der Waals surface area contributed by atoms with Crippen molar-refractivity contribution in [3.8, 4) is 5.75 Å². The lowest BCUT2D eigenvalue weighted by molar-refractivity contribution is -0.138. The van der Waals surface area contributed by atoms with Crippen molar-refractivity contribution in [2.75, 3.05) is 26.6 Å². The van der Waals surface area contributed by atoms with Gasteiger partial charge in [-0.15, -0.1) is 0 Å². The SMILES string of the molecule is COC(=O)/C=C(/Nc1ccc(Br)c(C)c1OC)C(=O)OC. The Balaban J connectivity index is 3.21. The first-order chi connectivity index (χ1) is 9.94. The maximum absolute atomic E-state index is 11.7. The molecule has 0 aliphatic heterocycles. The van der Waals surface area contributed by atoms with Crippen molar-refractivity contribution >= 4 is 33.6 Å². The van der Waals surface area contributed by atoms with E-state index in [9.17, 15) is 9.59 Å². The zero-order valence-corrected chi connectivity index (χ0v) is 13.7. The summed E-state index contributed by atoms with van der Waals surface area (Å²) in [6.45, 7) is 1.86. The Morgan fingerprint density at radius 3 is 2.38 bits per heavy atom. The lowest BCUT2D eigenvalue weighted by Crippen LogP contribution is -2.16. The molecule has 1 aromatic rings. The molecule has 114 valence electrons. The van der Waals surface area contributed by atoms with Crippen LogP contribution in [0, 0.1) is 6.92 Å². The molecule has 1 N–H and O–H groups in total. The number of carbonyl (C=O) groups is 2. The molecule has 0 bridgehead atoms. The first-order valence-electron chi connectivity index (χ1n) is 5.92. The standard InChI is InChI=1S/C14H16BrNO5/c1-8-9(15)5-6-10(13(8)20-3)16-11(14(18)21-4)7-12(17)19-2/h5-7,16H,1-4H3/b11-7+. The van der Waals surface area contributed by atoms with E-state index in [2.05, 4.69) is 30.7 Å². The third-order valence-electron chi connectivity index (χ3n) is 2.68. The first kappa shape index (κ1) is 17.0. The zero-order chi connectivity index (χ0) is 16.0. The molecule has 0 aliphatic rings. The minimum absolute atomic E-state index is 0.0515. The summed E-state index contributed by atoms with van der Waals surface area (Å²) in [4.78, 5) is 23.0. The summed E-state index contributed by atoms with van der Waals surface area (Å²) in [5, 5.41) is 2.82. The van der Waals surface area contributed by atoms with Crippen molar-refractivity contribution in [1.29, 1.82) is 0 Å². The summed E-state index contributed by atoms with van der Waals surface area (Å²) >= 11 is 3.39. The lowest BCUT2D eigenvalue weighted by atomic mass is 10.2. The molecule has 6 nitrogen and oxygen atoms in total. The van der Waals surface area contributed by atoms with Gasteiger partial charge >= 0.3 is 11.9 Å². The van der Waals surface area contributed by atoms with Gasteiger partial charge in [0.05, 0.1) is 33.1 Å². The second-order valence-electron chi connectivity index (χ2n) is 3.95. The highest BCUT2D eigenvalue weighted by Gasteiger charge is 2.16. The highest BCUT2D eigenvalue weighted by molar-refractivity contribution is 9.10. The Morgan fingerprint density at radius 1 is 1.19 bits per heavy atom. The van der Waals surface area contributed by atoms with Crippen LogP contribution in [0.3, 0.4) is 0 Å². The Labute approximate surface area is 131 Å². The van der Waals surface area contributed by atoms with Crippen LogP contribution in [0.15, 0.2) is 28.4 Å². The summed E-state index contributed by atoms with van der Waals surface area (Å²) in [6, 6.07) is 3.51. The van der Waals surface area contributed by atoms with Crippen LogP contribution in [-0.2, 0) is 19.1 Å². The second-order valence-corrected chi connectivity index (χ2v) is 4.81. The quantitative estimate of drug-likeness (QED) is 0.644. The van der Waals surface area contributed by atoms with Gasteiger partial charge in [0, 0.05) is 10.0 Å². The molecular formula is C14H16BrNO5. The number of hydrogen-bond donors (Lipinski definition) is 1. The Bertz CT molecular complexity index is 583. The molecule has 0 unspecified atom stereocenters. The number of anilines is 1. The second kappa shape index (κ2) is 7.68. The molecule has 7 heteroatoms. The largest absolute Gasteiger partial charge is 0.494 e. The van der Waals surface area contributed by atoms with Crippen molar-refractivity contribution < 1.29 is 23.8 Å². The Morgan fingerprint density at radius 2 is 1.86 bits per heavy atom. The minimum Gasteiger partial charge on any atom is -0.494 e. The van der Waals surface area contributed by atoms with Crippen molar-refractivity contribution in [1.82, 2.24) is 0 Å². The fourth-order valence-corrected chi connectivity index (χ4v) is 1.92. The topological polar surface area (TPSA) is 73.9 Å². The molecule has 0 aromatic heterocycles. The summed E-state index contributed by atoms with van der Waals surface area (Å²) in [7, 11) is 3.96. The number of halogens is 1. The highest BCUT2D eigenvalue weighted by Crippen LogP contribution is 2.34. The van der Waals surface area contributed by atoms with E-state index in [-0.39, 0.29) is 5.70 Å². The monoisotopic (exact) mass is 357 g/mol. The van der Waals surface area contributed by atoms with E-state index in [0.717, 1.165) is 16.1 Å². The molecule has 0 atom stereocenters. The van der Waals surface area contributed by atoms with E-state index in [1.807, 2.05) is 6.92 Å². The number of methoxy groups -OCH3 is 3. The van der Waals surface area contributed by atoms with Gasteiger partial charge in [0.1, 0.15) is 11.4 Å². The van der Waals surface area contributed by atoms with Crippen molar-refractivity contribution in [3.05, 3.63) is 33.9 Å². The van der Waals surface area contributed by atoms with Crippen LogP contribution in [0.4, 0.5) is 5.69 Å². The van der Waals surface area contributed by atoms with Gasteiger partial charge in [0.25, 0.3) is 0 Å². The molecule has 0 saturated heterocycles. The molecular weight excluding hydrogens is 342 g/mol. The van der Waals surface area contributed by atoms with Gasteiger partial charge in [0.15, 0.2) is 0 Å². The summed E-state index contributed by atoms with van der Waals surface area (Å²) in [5.41, 5.74) is 1.33. The zero-order valence-electron chi connectivity index (χ0n) is 12.2. The van der Waals surface area contributed by atoms with Gasteiger partial charge in [-0.25, -0.2) is 9.59 Å². The Kier molecular flexibility index (Phi) is 6.23. The number of nitrogens with one attached hydrogen (secondary N) is 1. The summed E-state index contributed by atoms with van der Waals surface area (Å²) < 4.78 is 15.3. The van der Waals surface area contributed by atoms with Crippen LogP contribution in [0.2, 0.25) is 0 Å². The van der Waals surface area contributed by atoms with Crippen LogP contribution in [0.1, 0.15) is 5.56 Å². The molecule has 0 radical (unpaired) electrons. The summed E-state index contributed by atoms with van der Waals surface area (Å²) in [6.07, 6.45) is 1.02. The van der Waals surface area contributed by atoms with E-state index in [4.69, 9.17) is 4.74 Å². The van der Waals surface area contributed by atoms with E-state index in [0.29, 0.717) is 11.4 Å². The van der Waals surface area contributed by atoms with Crippen LogP contribution >= 0.6 is 15.9 Å². The van der Waals surface area contributed by atoms with Gasteiger partial charge < -0.3 is 19.5 Å². The molecule has 1 rings (SSSR count). The summed E-state index contributed by atoms with van der Waals surface area (Å²) in [5.74, 6) is -0.817. The van der Waals surface area contributed by atoms with E-state index < -0.39 is 11.9 Å².